The highest BCUT2D eigenvalue weighted by atomic mass is 19.1. The number of nitriles is 1. The summed E-state index contributed by atoms with van der Waals surface area (Å²) in [5.74, 6) is -0.379. The zero-order valence-corrected chi connectivity index (χ0v) is 10.2. The number of hydrogen-bond donors (Lipinski definition) is 1. The predicted molar refractivity (Wildman–Crippen MR) is 66.9 cm³/mol. The van der Waals surface area contributed by atoms with Crippen molar-refractivity contribution >= 4 is 5.69 Å². The van der Waals surface area contributed by atoms with Gasteiger partial charge in [-0.2, -0.15) is 5.26 Å². The molecule has 2 rings (SSSR count). The summed E-state index contributed by atoms with van der Waals surface area (Å²) in [4.78, 5) is 2.25. The maximum Gasteiger partial charge on any atom is 0.147 e. The van der Waals surface area contributed by atoms with Crippen molar-refractivity contribution in [2.24, 2.45) is 0 Å². The third-order valence-electron chi connectivity index (χ3n) is 2.97. The average molecular weight is 249 g/mol. The highest BCUT2D eigenvalue weighted by Crippen LogP contribution is 2.18. The maximum absolute atomic E-state index is 13.6. The fourth-order valence-electron chi connectivity index (χ4n) is 1.96. The van der Waals surface area contributed by atoms with Crippen molar-refractivity contribution in [3.63, 3.8) is 0 Å². The second-order valence-electron chi connectivity index (χ2n) is 4.15. The smallest absolute Gasteiger partial charge is 0.147 e. The lowest BCUT2D eigenvalue weighted by atomic mass is 10.2. The van der Waals surface area contributed by atoms with E-state index in [-0.39, 0.29) is 5.82 Å². The van der Waals surface area contributed by atoms with Crippen LogP contribution in [0.3, 0.4) is 0 Å². The van der Waals surface area contributed by atoms with Crippen molar-refractivity contribution in [1.82, 2.24) is 4.90 Å². The van der Waals surface area contributed by atoms with Crippen molar-refractivity contribution in [3.8, 4) is 6.07 Å². The monoisotopic (exact) mass is 249 g/mol. The first-order valence-electron chi connectivity index (χ1n) is 6.04. The molecule has 0 unspecified atom stereocenters. The summed E-state index contributed by atoms with van der Waals surface area (Å²) < 4.78 is 18.8. The lowest BCUT2D eigenvalue weighted by Crippen LogP contribution is -2.39. The molecule has 0 spiro atoms. The highest BCUT2D eigenvalue weighted by molar-refractivity contribution is 5.58. The minimum absolute atomic E-state index is 0.299. The first-order chi connectivity index (χ1) is 8.81. The molecule has 1 aromatic carbocycles. The molecule has 4 nitrogen and oxygen atoms in total. The van der Waals surface area contributed by atoms with Gasteiger partial charge in [0, 0.05) is 26.2 Å². The minimum Gasteiger partial charge on any atom is -0.380 e. The summed E-state index contributed by atoms with van der Waals surface area (Å²) in [7, 11) is 0. The molecule has 0 amide bonds. The molecule has 1 fully saturated rings. The summed E-state index contributed by atoms with van der Waals surface area (Å²) in [6.45, 7) is 4.76. The molecule has 5 heteroatoms. The van der Waals surface area contributed by atoms with Gasteiger partial charge in [-0.3, -0.25) is 4.90 Å². The third-order valence-corrected chi connectivity index (χ3v) is 2.97. The Hall–Kier alpha value is -1.64. The van der Waals surface area contributed by atoms with Gasteiger partial charge in [0.15, 0.2) is 0 Å². The van der Waals surface area contributed by atoms with Crippen LogP contribution in [0.2, 0.25) is 0 Å². The number of anilines is 1. The number of nitrogens with one attached hydrogen (secondary N) is 1. The van der Waals surface area contributed by atoms with E-state index in [1.165, 1.54) is 6.07 Å². The molecule has 0 aliphatic carbocycles. The van der Waals surface area contributed by atoms with Gasteiger partial charge in [-0.25, -0.2) is 4.39 Å². The van der Waals surface area contributed by atoms with Crippen LogP contribution in [0.25, 0.3) is 0 Å². The Balaban J connectivity index is 1.88. The highest BCUT2D eigenvalue weighted by Gasteiger charge is 2.11. The number of benzene rings is 1. The summed E-state index contributed by atoms with van der Waals surface area (Å²) in [6, 6.07) is 6.50. The SMILES string of the molecule is N#Cc1cccc(F)c1NCCN1CCOCC1. The van der Waals surface area contributed by atoms with E-state index in [1.807, 2.05) is 6.07 Å². The topological polar surface area (TPSA) is 48.3 Å². The van der Waals surface area contributed by atoms with E-state index in [0.717, 1.165) is 32.8 Å². The van der Waals surface area contributed by atoms with Gasteiger partial charge in [0.2, 0.25) is 0 Å². The first-order valence-corrected chi connectivity index (χ1v) is 6.04. The minimum atomic E-state index is -0.379. The van der Waals surface area contributed by atoms with Gasteiger partial charge in [-0.1, -0.05) is 6.07 Å². The van der Waals surface area contributed by atoms with Gasteiger partial charge in [0.1, 0.15) is 11.9 Å². The number of hydrogen-bond acceptors (Lipinski definition) is 4. The van der Waals surface area contributed by atoms with Crippen molar-refractivity contribution in [2.45, 2.75) is 0 Å². The Labute approximate surface area is 106 Å². The van der Waals surface area contributed by atoms with Crippen LogP contribution in [0.4, 0.5) is 10.1 Å². The number of rotatable bonds is 4. The van der Waals surface area contributed by atoms with Crippen molar-refractivity contribution in [2.75, 3.05) is 44.7 Å². The molecule has 1 saturated heterocycles. The number of para-hydroxylation sites is 1. The second kappa shape index (κ2) is 6.34. The molecular weight excluding hydrogens is 233 g/mol. The lowest BCUT2D eigenvalue weighted by molar-refractivity contribution is 0.0398. The summed E-state index contributed by atoms with van der Waals surface area (Å²) in [5.41, 5.74) is 0.644. The molecule has 0 bridgehead atoms. The third kappa shape index (κ3) is 3.19. The molecule has 1 aliphatic heterocycles. The second-order valence-corrected chi connectivity index (χ2v) is 4.15. The van der Waals surface area contributed by atoms with Crippen LogP contribution in [0.15, 0.2) is 18.2 Å². The molecule has 0 radical (unpaired) electrons. The molecular formula is C13H16FN3O. The van der Waals surface area contributed by atoms with E-state index in [4.69, 9.17) is 10.00 Å². The zero-order chi connectivity index (χ0) is 12.8. The normalized spacial score (nSPS) is 16.2. The van der Waals surface area contributed by atoms with E-state index in [0.29, 0.717) is 17.8 Å². The quantitative estimate of drug-likeness (QED) is 0.877. The summed E-state index contributed by atoms with van der Waals surface area (Å²) >= 11 is 0. The number of halogens is 1. The molecule has 0 aromatic heterocycles. The Morgan fingerprint density at radius 2 is 2.17 bits per heavy atom. The van der Waals surface area contributed by atoms with Crippen LogP contribution in [-0.4, -0.2) is 44.3 Å². The van der Waals surface area contributed by atoms with Gasteiger partial charge in [0.05, 0.1) is 24.5 Å². The van der Waals surface area contributed by atoms with Gasteiger partial charge in [-0.05, 0) is 12.1 Å². The molecule has 1 heterocycles. The van der Waals surface area contributed by atoms with E-state index in [2.05, 4.69) is 10.2 Å². The molecule has 96 valence electrons. The number of ether oxygens (including phenoxy) is 1. The Kier molecular flexibility index (Phi) is 4.51. The van der Waals surface area contributed by atoms with Crippen molar-refractivity contribution in [1.29, 1.82) is 5.26 Å². The van der Waals surface area contributed by atoms with Gasteiger partial charge < -0.3 is 10.1 Å². The largest absolute Gasteiger partial charge is 0.380 e. The first kappa shape index (κ1) is 12.8. The molecule has 1 aromatic rings. The van der Waals surface area contributed by atoms with E-state index in [1.54, 1.807) is 12.1 Å². The predicted octanol–water partition coefficient (Wildman–Crippen LogP) is 1.44. The Morgan fingerprint density at radius 1 is 1.39 bits per heavy atom. The number of nitrogens with zero attached hydrogens (tertiary/aromatic N) is 2. The van der Waals surface area contributed by atoms with Crippen LogP contribution in [0, 0.1) is 17.1 Å². The summed E-state index contributed by atoms with van der Waals surface area (Å²) in [6.07, 6.45) is 0. The standard InChI is InChI=1S/C13H16FN3O/c14-12-3-1-2-11(10-15)13(12)16-4-5-17-6-8-18-9-7-17/h1-3,16H,4-9H2. The van der Waals surface area contributed by atoms with Gasteiger partial charge >= 0.3 is 0 Å². The zero-order valence-electron chi connectivity index (χ0n) is 10.2. The van der Waals surface area contributed by atoms with Crippen molar-refractivity contribution in [3.05, 3.63) is 29.6 Å². The van der Waals surface area contributed by atoms with Gasteiger partial charge in [-0.15, -0.1) is 0 Å². The summed E-state index contributed by atoms with van der Waals surface area (Å²) in [5, 5.41) is 11.9. The Morgan fingerprint density at radius 3 is 2.89 bits per heavy atom. The molecule has 18 heavy (non-hydrogen) atoms. The van der Waals surface area contributed by atoms with Crippen LogP contribution >= 0.6 is 0 Å². The number of morpholine rings is 1. The fraction of sp³-hybridized carbons (Fsp3) is 0.462. The van der Waals surface area contributed by atoms with E-state index in [9.17, 15) is 4.39 Å². The van der Waals surface area contributed by atoms with Crippen LogP contribution in [0.1, 0.15) is 5.56 Å². The van der Waals surface area contributed by atoms with Crippen LogP contribution in [0.5, 0.6) is 0 Å². The van der Waals surface area contributed by atoms with E-state index < -0.39 is 0 Å². The molecule has 1 aliphatic rings. The average Bonchev–Trinajstić information content (AvgIpc) is 2.41. The van der Waals surface area contributed by atoms with Crippen LogP contribution < -0.4 is 5.32 Å². The Bertz CT molecular complexity index is 438. The van der Waals surface area contributed by atoms with E-state index >= 15 is 0 Å². The lowest BCUT2D eigenvalue weighted by Gasteiger charge is -2.26. The molecule has 0 atom stereocenters. The van der Waals surface area contributed by atoms with Crippen LogP contribution in [-0.2, 0) is 4.74 Å². The molecule has 1 N–H and O–H groups in total. The van der Waals surface area contributed by atoms with Crippen molar-refractivity contribution < 1.29 is 9.13 Å². The maximum atomic E-state index is 13.6. The fourth-order valence-corrected chi connectivity index (χ4v) is 1.96. The molecule has 0 saturated carbocycles. The van der Waals surface area contributed by atoms with Gasteiger partial charge in [0.25, 0.3) is 0 Å².